The number of hydrogen-bond acceptors (Lipinski definition) is 8. The number of unbranched alkanes of at least 4 members (excludes halogenated alkanes) is 2. The predicted octanol–water partition coefficient (Wildman–Crippen LogP) is 4.10. The fraction of sp³-hybridized carbons (Fsp3) is 0.542. The molecule has 1 saturated heterocycles. The predicted molar refractivity (Wildman–Crippen MR) is 128 cm³/mol. The summed E-state index contributed by atoms with van der Waals surface area (Å²) in [4.78, 5) is 32.3. The number of amides is 1. The molecule has 0 N–H and O–H groups in total. The Kier molecular flexibility index (Phi) is 8.80. The average molecular weight is 477 g/mol. The Bertz CT molecular complexity index is 945. The molecule has 0 aliphatic carbocycles. The number of rotatable bonds is 11. The molecule has 9 heteroatoms. The van der Waals surface area contributed by atoms with Crippen molar-refractivity contribution in [1.29, 1.82) is 0 Å². The van der Waals surface area contributed by atoms with E-state index in [9.17, 15) is 9.59 Å². The molecule has 2 aliphatic rings. The van der Waals surface area contributed by atoms with Crippen LogP contribution in [0.3, 0.4) is 0 Å². The van der Waals surface area contributed by atoms with E-state index in [0.717, 1.165) is 24.8 Å². The number of hydrogen-bond donors (Lipinski definition) is 0. The molecule has 33 heavy (non-hydrogen) atoms. The molecule has 0 spiro atoms. The van der Waals surface area contributed by atoms with Crippen LogP contribution in [0, 0.1) is 0 Å². The smallest absolute Gasteiger partial charge is 0.338 e. The van der Waals surface area contributed by atoms with Crippen molar-refractivity contribution in [2.24, 2.45) is 4.99 Å². The van der Waals surface area contributed by atoms with E-state index >= 15 is 0 Å². The summed E-state index contributed by atoms with van der Waals surface area (Å²) >= 11 is 1.39. The van der Waals surface area contributed by atoms with Crippen LogP contribution < -0.4 is 9.47 Å². The van der Waals surface area contributed by atoms with Crippen molar-refractivity contribution >= 4 is 28.8 Å². The fourth-order valence-electron chi connectivity index (χ4n) is 3.78. The molecule has 8 nitrogen and oxygen atoms in total. The minimum absolute atomic E-state index is 0.0997. The fourth-order valence-corrected chi connectivity index (χ4v) is 4.81. The van der Waals surface area contributed by atoms with Gasteiger partial charge >= 0.3 is 5.97 Å². The van der Waals surface area contributed by atoms with Crippen LogP contribution in [-0.2, 0) is 19.1 Å². The van der Waals surface area contributed by atoms with E-state index < -0.39 is 12.0 Å². The van der Waals surface area contributed by atoms with E-state index in [1.165, 1.54) is 18.9 Å². The first-order valence-electron chi connectivity index (χ1n) is 11.2. The van der Waals surface area contributed by atoms with Crippen molar-refractivity contribution in [2.45, 2.75) is 51.3 Å². The Morgan fingerprint density at radius 2 is 1.94 bits per heavy atom. The quantitative estimate of drug-likeness (QED) is 0.351. The average Bonchev–Trinajstić information content (AvgIpc) is 3.08. The SMILES string of the molecule is CCCCCOc1ccc(C2C(C(=O)OCCOC)=C(C)N=C3SC(C)C(=O)N32)cc1OC. The van der Waals surface area contributed by atoms with Crippen LogP contribution in [0.5, 0.6) is 11.5 Å². The van der Waals surface area contributed by atoms with Crippen LogP contribution in [0.1, 0.15) is 51.6 Å². The van der Waals surface area contributed by atoms with E-state index in [1.54, 1.807) is 18.9 Å². The maximum Gasteiger partial charge on any atom is 0.338 e. The number of esters is 1. The number of fused-ring (bicyclic) bond motifs is 1. The Labute approximate surface area is 199 Å². The molecular weight excluding hydrogens is 444 g/mol. The van der Waals surface area contributed by atoms with Crippen LogP contribution >= 0.6 is 11.8 Å². The molecule has 1 amide bonds. The highest BCUT2D eigenvalue weighted by Gasteiger charge is 2.46. The van der Waals surface area contributed by atoms with E-state index in [1.807, 2.05) is 25.1 Å². The van der Waals surface area contributed by atoms with Gasteiger partial charge in [0.2, 0.25) is 5.91 Å². The van der Waals surface area contributed by atoms with E-state index in [-0.39, 0.29) is 24.4 Å². The van der Waals surface area contributed by atoms with Gasteiger partial charge in [-0.15, -0.1) is 0 Å². The maximum atomic E-state index is 13.1. The number of amidine groups is 1. The molecule has 1 aromatic rings. The van der Waals surface area contributed by atoms with Gasteiger partial charge in [0, 0.05) is 7.11 Å². The second kappa shape index (κ2) is 11.6. The van der Waals surface area contributed by atoms with Gasteiger partial charge in [0.15, 0.2) is 16.7 Å². The summed E-state index contributed by atoms with van der Waals surface area (Å²) in [6, 6.07) is 4.84. The van der Waals surface area contributed by atoms with Crippen LogP contribution in [0.25, 0.3) is 0 Å². The van der Waals surface area contributed by atoms with Crippen molar-refractivity contribution in [1.82, 2.24) is 4.90 Å². The summed E-state index contributed by atoms with van der Waals surface area (Å²) in [6.07, 6.45) is 3.16. The topological polar surface area (TPSA) is 86.7 Å². The molecule has 0 radical (unpaired) electrons. The molecular formula is C24H32N2O6S. The van der Waals surface area contributed by atoms with E-state index in [2.05, 4.69) is 11.9 Å². The zero-order chi connectivity index (χ0) is 24.0. The number of ether oxygens (including phenoxy) is 4. The van der Waals surface area contributed by atoms with E-state index in [0.29, 0.717) is 34.5 Å². The van der Waals surface area contributed by atoms with Crippen LogP contribution in [0.2, 0.25) is 0 Å². The highest BCUT2D eigenvalue weighted by Crippen LogP contribution is 2.44. The molecule has 0 aromatic heterocycles. The summed E-state index contributed by atoms with van der Waals surface area (Å²) in [5, 5.41) is 0.299. The van der Waals surface area contributed by atoms with Gasteiger partial charge in [-0.1, -0.05) is 37.6 Å². The molecule has 1 fully saturated rings. The molecule has 2 heterocycles. The summed E-state index contributed by atoms with van der Waals surface area (Å²) in [5.41, 5.74) is 1.58. The highest BCUT2D eigenvalue weighted by atomic mass is 32.2. The number of carbonyl (C=O) groups is 2. The van der Waals surface area contributed by atoms with Crippen LogP contribution in [0.15, 0.2) is 34.5 Å². The van der Waals surface area contributed by atoms with E-state index in [4.69, 9.17) is 18.9 Å². The summed E-state index contributed by atoms with van der Waals surface area (Å²) < 4.78 is 21.9. The van der Waals surface area contributed by atoms with Gasteiger partial charge in [-0.3, -0.25) is 9.69 Å². The Hall–Kier alpha value is -2.52. The van der Waals surface area contributed by atoms with Gasteiger partial charge in [-0.05, 0) is 38.0 Å². The third kappa shape index (κ3) is 5.52. The van der Waals surface area contributed by atoms with Gasteiger partial charge in [0.1, 0.15) is 6.61 Å². The minimum atomic E-state index is -0.666. The molecule has 1 aromatic carbocycles. The van der Waals surface area contributed by atoms with Crippen LogP contribution in [-0.4, -0.2) is 61.2 Å². The third-order valence-electron chi connectivity index (χ3n) is 5.51. The standard InChI is InChI=1S/C24H32N2O6S/c1-6-7-8-11-31-18-10-9-17(14-19(18)30-5)21-20(23(28)32-13-12-29-4)15(2)25-24-26(21)22(27)16(3)33-24/h9-10,14,16,21H,6-8,11-13H2,1-5H3. The van der Waals surface area contributed by atoms with Gasteiger partial charge in [0.25, 0.3) is 0 Å². The van der Waals surface area contributed by atoms with Crippen molar-refractivity contribution < 1.29 is 28.5 Å². The van der Waals surface area contributed by atoms with Crippen molar-refractivity contribution in [3.05, 3.63) is 35.0 Å². The highest BCUT2D eigenvalue weighted by molar-refractivity contribution is 8.15. The number of methoxy groups -OCH3 is 2. The van der Waals surface area contributed by atoms with Gasteiger partial charge in [-0.2, -0.15) is 0 Å². The second-order valence-corrected chi connectivity index (χ2v) is 9.17. The summed E-state index contributed by atoms with van der Waals surface area (Å²) in [5.74, 6) is 0.554. The first-order valence-corrected chi connectivity index (χ1v) is 12.1. The molecule has 3 rings (SSSR count). The number of nitrogens with zero attached hydrogens (tertiary/aromatic N) is 2. The zero-order valence-electron chi connectivity index (χ0n) is 19.9. The lowest BCUT2D eigenvalue weighted by molar-refractivity contribution is -0.141. The van der Waals surface area contributed by atoms with Crippen molar-refractivity contribution in [3.8, 4) is 11.5 Å². The first-order chi connectivity index (χ1) is 15.9. The van der Waals surface area contributed by atoms with Gasteiger partial charge in [-0.25, -0.2) is 9.79 Å². The molecule has 0 saturated carbocycles. The first kappa shape index (κ1) is 25.1. The Balaban J connectivity index is 1.97. The number of thioether (sulfide) groups is 1. The minimum Gasteiger partial charge on any atom is -0.493 e. The summed E-state index contributed by atoms with van der Waals surface area (Å²) in [7, 11) is 3.11. The normalized spacial score (nSPS) is 20.0. The van der Waals surface area contributed by atoms with Crippen molar-refractivity contribution in [2.75, 3.05) is 34.0 Å². The molecule has 0 bridgehead atoms. The number of benzene rings is 1. The lowest BCUT2D eigenvalue weighted by Crippen LogP contribution is -2.40. The monoisotopic (exact) mass is 476 g/mol. The van der Waals surface area contributed by atoms with Crippen LogP contribution in [0.4, 0.5) is 0 Å². The number of carbonyl (C=O) groups excluding carboxylic acids is 2. The molecule has 180 valence electrons. The second-order valence-electron chi connectivity index (χ2n) is 7.86. The van der Waals surface area contributed by atoms with Crippen molar-refractivity contribution in [3.63, 3.8) is 0 Å². The molecule has 2 unspecified atom stereocenters. The number of aliphatic imine (C=N–C) groups is 1. The lowest BCUT2D eigenvalue weighted by Gasteiger charge is -2.33. The van der Waals surface area contributed by atoms with Gasteiger partial charge in [0.05, 0.1) is 42.9 Å². The van der Waals surface area contributed by atoms with Gasteiger partial charge < -0.3 is 18.9 Å². The Morgan fingerprint density at radius 3 is 2.64 bits per heavy atom. The maximum absolute atomic E-state index is 13.1. The molecule has 2 atom stereocenters. The molecule has 2 aliphatic heterocycles. The lowest BCUT2D eigenvalue weighted by atomic mass is 9.94. The largest absolute Gasteiger partial charge is 0.493 e. The zero-order valence-corrected chi connectivity index (χ0v) is 20.7. The third-order valence-corrected chi connectivity index (χ3v) is 6.56. The Morgan fingerprint density at radius 1 is 1.15 bits per heavy atom. The summed E-state index contributed by atoms with van der Waals surface area (Å²) in [6.45, 7) is 6.74. The number of allylic oxidation sites excluding steroid dienone is 1.